The topological polar surface area (TPSA) is 40.6 Å². The molecule has 2 aliphatic heterocycles. The summed E-state index contributed by atoms with van der Waals surface area (Å²) in [5.74, 6) is 0.0585. The van der Waals surface area contributed by atoms with E-state index in [0.29, 0.717) is 26.1 Å². The summed E-state index contributed by atoms with van der Waals surface area (Å²) in [6, 6.07) is 41.4. The molecule has 0 bridgehead atoms. The molecule has 4 nitrogen and oxygen atoms in total. The zero-order valence-electron chi connectivity index (χ0n) is 22.2. The first kappa shape index (κ1) is 25.1. The lowest BCUT2D eigenvalue weighted by Crippen LogP contribution is -2.49. The Morgan fingerprint density at radius 3 is 1.41 bits per heavy atom. The Hall–Kier alpha value is -4.18. The molecule has 4 aromatic carbocycles. The van der Waals surface area contributed by atoms with E-state index < -0.39 is 5.41 Å². The molecular weight excluding hydrogens is 480 g/mol. The van der Waals surface area contributed by atoms with Crippen molar-refractivity contribution in [1.29, 1.82) is 0 Å². The highest BCUT2D eigenvalue weighted by atomic mass is 16.2. The van der Waals surface area contributed by atoms with Crippen LogP contribution in [0.4, 0.5) is 0 Å². The molecule has 0 N–H and O–H groups in total. The number of hydrogen-bond acceptors (Lipinski definition) is 2. The molecule has 2 amide bonds. The predicted molar refractivity (Wildman–Crippen MR) is 154 cm³/mol. The molecule has 39 heavy (non-hydrogen) atoms. The van der Waals surface area contributed by atoms with Crippen LogP contribution in [0.5, 0.6) is 0 Å². The van der Waals surface area contributed by atoms with Crippen LogP contribution in [0.2, 0.25) is 0 Å². The summed E-state index contributed by atoms with van der Waals surface area (Å²) in [6.07, 6.45) is 2.38. The maximum Gasteiger partial charge on any atom is 0.242 e. The molecule has 2 aliphatic rings. The molecular formula is C35H34N2O2. The molecule has 0 aromatic heterocycles. The molecule has 0 atom stereocenters. The minimum absolute atomic E-state index is 0.0215. The van der Waals surface area contributed by atoms with E-state index in [9.17, 15) is 9.59 Å². The number of nitrogens with zero attached hydrogens (tertiary/aromatic N) is 2. The van der Waals surface area contributed by atoms with E-state index in [1.54, 1.807) is 4.90 Å². The molecule has 2 saturated heterocycles. The number of carbonyl (C=O) groups excluding carboxylic acids is 2. The molecule has 0 saturated carbocycles. The molecule has 0 unspecified atom stereocenters. The lowest BCUT2D eigenvalue weighted by Gasteiger charge is -2.43. The summed E-state index contributed by atoms with van der Waals surface area (Å²) in [4.78, 5) is 31.4. The summed E-state index contributed by atoms with van der Waals surface area (Å²) in [7, 11) is 0. The van der Waals surface area contributed by atoms with Gasteiger partial charge in [0.2, 0.25) is 11.8 Å². The Bertz CT molecular complexity index is 1330. The smallest absolute Gasteiger partial charge is 0.242 e. The first-order valence-corrected chi connectivity index (χ1v) is 13.9. The van der Waals surface area contributed by atoms with E-state index in [2.05, 4.69) is 60.7 Å². The molecule has 196 valence electrons. The molecule has 4 heteroatoms. The van der Waals surface area contributed by atoms with Crippen LogP contribution >= 0.6 is 0 Å². The first-order valence-electron chi connectivity index (χ1n) is 13.9. The van der Waals surface area contributed by atoms with Gasteiger partial charge in [-0.3, -0.25) is 9.59 Å². The number of benzene rings is 4. The monoisotopic (exact) mass is 514 g/mol. The quantitative estimate of drug-likeness (QED) is 0.326. The van der Waals surface area contributed by atoms with E-state index in [-0.39, 0.29) is 23.8 Å². The van der Waals surface area contributed by atoms with Gasteiger partial charge in [-0.1, -0.05) is 121 Å². The van der Waals surface area contributed by atoms with E-state index in [1.165, 1.54) is 11.1 Å². The fourth-order valence-corrected chi connectivity index (χ4v) is 6.74. The van der Waals surface area contributed by atoms with Crippen molar-refractivity contribution in [3.8, 4) is 0 Å². The fourth-order valence-electron chi connectivity index (χ4n) is 6.74. The van der Waals surface area contributed by atoms with Crippen molar-refractivity contribution in [2.75, 3.05) is 26.2 Å². The van der Waals surface area contributed by atoms with Crippen molar-refractivity contribution in [1.82, 2.24) is 9.80 Å². The number of likely N-dealkylation sites (tertiary alicyclic amines) is 2. The van der Waals surface area contributed by atoms with Crippen LogP contribution < -0.4 is 0 Å². The van der Waals surface area contributed by atoms with Gasteiger partial charge in [0.05, 0.1) is 6.54 Å². The third-order valence-corrected chi connectivity index (χ3v) is 8.89. The van der Waals surface area contributed by atoms with E-state index in [1.807, 2.05) is 65.6 Å². The van der Waals surface area contributed by atoms with Gasteiger partial charge in [0.1, 0.15) is 5.41 Å². The van der Waals surface area contributed by atoms with Crippen LogP contribution in [0, 0.1) is 0 Å². The van der Waals surface area contributed by atoms with Crippen LogP contribution in [0.1, 0.15) is 41.5 Å². The van der Waals surface area contributed by atoms with Crippen molar-refractivity contribution >= 4 is 11.8 Å². The molecule has 0 spiro atoms. The maximum absolute atomic E-state index is 14.1. The van der Waals surface area contributed by atoms with Gasteiger partial charge in [-0.2, -0.15) is 0 Å². The van der Waals surface area contributed by atoms with Crippen LogP contribution in [0.3, 0.4) is 0 Å². The lowest BCUT2D eigenvalue weighted by atomic mass is 9.68. The Balaban J connectivity index is 1.20. The van der Waals surface area contributed by atoms with Crippen LogP contribution in [-0.4, -0.2) is 47.8 Å². The number of amides is 2. The highest BCUT2D eigenvalue weighted by Crippen LogP contribution is 2.43. The highest BCUT2D eigenvalue weighted by molar-refractivity contribution is 5.96. The van der Waals surface area contributed by atoms with Crippen LogP contribution in [0.25, 0.3) is 0 Å². The number of hydrogen-bond donors (Lipinski definition) is 0. The number of carbonyl (C=O) groups is 2. The summed E-state index contributed by atoms with van der Waals surface area (Å²) >= 11 is 0. The van der Waals surface area contributed by atoms with Crippen LogP contribution in [-0.2, 0) is 20.4 Å². The van der Waals surface area contributed by atoms with Crippen molar-refractivity contribution in [2.45, 2.75) is 30.1 Å². The molecule has 4 aromatic rings. The Labute approximate surface area is 230 Å². The van der Waals surface area contributed by atoms with Crippen LogP contribution in [0.15, 0.2) is 121 Å². The standard InChI is InChI=1S/C35H34N2O2/c38-32(36-24-21-34(22-25-36,28-13-5-1-6-14-28)29-15-7-2-8-16-29)27-37-26-23-35(33(37)39,30-17-9-3-10-18-30)31-19-11-4-12-20-31/h1-20H,21-27H2. The van der Waals surface area contributed by atoms with E-state index >= 15 is 0 Å². The van der Waals surface area contributed by atoms with Gasteiger partial charge < -0.3 is 9.80 Å². The summed E-state index contributed by atoms with van der Waals surface area (Å²) in [5.41, 5.74) is 3.72. The second-order valence-electron chi connectivity index (χ2n) is 10.8. The van der Waals surface area contributed by atoms with Gasteiger partial charge in [0, 0.05) is 25.0 Å². The Kier molecular flexibility index (Phi) is 6.78. The third-order valence-electron chi connectivity index (χ3n) is 8.89. The van der Waals surface area contributed by atoms with Gasteiger partial charge in [0.15, 0.2) is 0 Å². The van der Waals surface area contributed by atoms with E-state index in [4.69, 9.17) is 0 Å². The Morgan fingerprint density at radius 2 is 0.974 bits per heavy atom. The van der Waals surface area contributed by atoms with Gasteiger partial charge in [-0.15, -0.1) is 0 Å². The van der Waals surface area contributed by atoms with Crippen molar-refractivity contribution in [2.24, 2.45) is 0 Å². The highest BCUT2D eigenvalue weighted by Gasteiger charge is 2.50. The van der Waals surface area contributed by atoms with Gasteiger partial charge in [-0.05, 0) is 41.5 Å². The zero-order chi connectivity index (χ0) is 26.7. The Morgan fingerprint density at radius 1 is 0.564 bits per heavy atom. The molecule has 2 heterocycles. The SMILES string of the molecule is O=C(CN1CCC(c2ccccc2)(c2ccccc2)C1=O)N1CCC(c2ccccc2)(c2ccccc2)CC1. The third kappa shape index (κ3) is 4.44. The zero-order valence-corrected chi connectivity index (χ0v) is 22.2. The summed E-state index contributed by atoms with van der Waals surface area (Å²) < 4.78 is 0. The van der Waals surface area contributed by atoms with Gasteiger partial charge in [0.25, 0.3) is 0 Å². The normalized spacial score (nSPS) is 18.2. The van der Waals surface area contributed by atoms with Gasteiger partial charge in [-0.25, -0.2) is 0 Å². The van der Waals surface area contributed by atoms with Gasteiger partial charge >= 0.3 is 0 Å². The predicted octanol–water partition coefficient (Wildman–Crippen LogP) is 5.81. The summed E-state index contributed by atoms with van der Waals surface area (Å²) in [6.45, 7) is 2.05. The van der Waals surface area contributed by atoms with Crippen molar-refractivity contribution in [3.05, 3.63) is 144 Å². The molecule has 0 aliphatic carbocycles. The largest absolute Gasteiger partial charge is 0.341 e. The van der Waals surface area contributed by atoms with Crippen molar-refractivity contribution < 1.29 is 9.59 Å². The maximum atomic E-state index is 14.1. The molecule has 0 radical (unpaired) electrons. The number of piperidine rings is 1. The minimum atomic E-state index is -0.750. The lowest BCUT2D eigenvalue weighted by molar-refractivity contribution is -0.140. The average Bonchev–Trinajstić information content (AvgIpc) is 3.35. The second kappa shape index (κ2) is 10.5. The second-order valence-corrected chi connectivity index (χ2v) is 10.8. The van der Waals surface area contributed by atoms with Crippen molar-refractivity contribution in [3.63, 3.8) is 0 Å². The first-order chi connectivity index (χ1) is 19.1. The number of rotatable bonds is 6. The molecule has 2 fully saturated rings. The average molecular weight is 515 g/mol. The minimum Gasteiger partial charge on any atom is -0.341 e. The molecule has 6 rings (SSSR count). The summed E-state index contributed by atoms with van der Waals surface area (Å²) in [5, 5.41) is 0. The van der Waals surface area contributed by atoms with E-state index in [0.717, 1.165) is 24.0 Å². The fraction of sp³-hybridized carbons (Fsp3) is 0.257.